The summed E-state index contributed by atoms with van der Waals surface area (Å²) in [5.41, 5.74) is -1.06. The molecule has 6 nitrogen and oxygen atoms in total. The molecule has 3 heterocycles. The molecule has 1 unspecified atom stereocenters. The third-order valence-corrected chi connectivity index (χ3v) is 6.64. The Morgan fingerprint density at radius 3 is 2.72 bits per heavy atom. The molecule has 2 aromatic rings. The van der Waals surface area contributed by atoms with Crippen LogP contribution in [-0.4, -0.2) is 54.0 Å². The van der Waals surface area contributed by atoms with Gasteiger partial charge in [0.1, 0.15) is 5.52 Å². The van der Waals surface area contributed by atoms with Gasteiger partial charge in [0.25, 0.3) is 0 Å². The van der Waals surface area contributed by atoms with Crippen LogP contribution >= 0.6 is 0 Å². The van der Waals surface area contributed by atoms with Crippen LogP contribution in [-0.2, 0) is 16.5 Å². The van der Waals surface area contributed by atoms with E-state index in [-0.39, 0.29) is 28.8 Å². The van der Waals surface area contributed by atoms with E-state index in [1.54, 1.807) is 0 Å². The van der Waals surface area contributed by atoms with E-state index in [9.17, 15) is 18.0 Å². The number of nitrogens with zero attached hydrogens (tertiary/aromatic N) is 3. The molecule has 2 aliphatic heterocycles. The topological polar surface area (TPSA) is 70.2 Å². The molecule has 0 radical (unpaired) electrons. The van der Waals surface area contributed by atoms with E-state index < -0.39 is 17.3 Å². The van der Waals surface area contributed by atoms with Crippen molar-refractivity contribution in [2.75, 3.05) is 33.2 Å². The predicted molar refractivity (Wildman–Crippen MR) is 116 cm³/mol. The number of amides is 1. The number of piperidine rings is 2. The Balaban J connectivity index is 1.71. The third-order valence-electron chi connectivity index (χ3n) is 6.64. The zero-order valence-corrected chi connectivity index (χ0v) is 18.5. The van der Waals surface area contributed by atoms with Gasteiger partial charge in [-0.3, -0.25) is 14.8 Å². The zero-order chi connectivity index (χ0) is 22.9. The van der Waals surface area contributed by atoms with Crippen LogP contribution in [0.4, 0.5) is 13.2 Å². The Morgan fingerprint density at radius 2 is 2.03 bits per heavy atom. The van der Waals surface area contributed by atoms with Crippen LogP contribution in [0.3, 0.4) is 0 Å². The van der Waals surface area contributed by atoms with Gasteiger partial charge >= 0.3 is 6.18 Å². The lowest BCUT2D eigenvalue weighted by molar-refractivity contribution is -0.136. The maximum atomic E-state index is 13.6. The number of benzene rings is 1. The molecule has 2 saturated heterocycles. The molecule has 2 N–H and O–H groups in total. The Hall–Kier alpha value is -2.26. The van der Waals surface area contributed by atoms with Gasteiger partial charge < -0.3 is 15.5 Å². The molecule has 0 bridgehead atoms. The SMILES string of the molecule is C[C@@H]1CNC[C@](NC(=O)CC2CCCN(C)C2)(c2ccc(C(F)(F)F)c3nccnc23)C1. The van der Waals surface area contributed by atoms with E-state index in [0.29, 0.717) is 24.9 Å². The molecular weight excluding hydrogens is 419 g/mol. The molecule has 1 aromatic heterocycles. The van der Waals surface area contributed by atoms with Gasteiger partial charge in [0.05, 0.1) is 16.6 Å². The number of hydrogen-bond acceptors (Lipinski definition) is 5. The monoisotopic (exact) mass is 449 g/mol. The number of alkyl halides is 3. The maximum absolute atomic E-state index is 13.6. The average Bonchev–Trinajstić information content (AvgIpc) is 2.72. The summed E-state index contributed by atoms with van der Waals surface area (Å²) in [5.74, 6) is 0.445. The van der Waals surface area contributed by atoms with Gasteiger partial charge in [0.2, 0.25) is 5.91 Å². The number of fused-ring (bicyclic) bond motifs is 1. The highest BCUT2D eigenvalue weighted by molar-refractivity contribution is 5.84. The number of likely N-dealkylation sites (tertiary alicyclic amines) is 1. The summed E-state index contributed by atoms with van der Waals surface area (Å²) >= 11 is 0. The van der Waals surface area contributed by atoms with E-state index in [2.05, 4.69) is 39.5 Å². The first-order chi connectivity index (χ1) is 15.2. The second-order valence-electron chi connectivity index (χ2n) is 9.46. The molecule has 9 heteroatoms. The molecule has 3 atom stereocenters. The van der Waals surface area contributed by atoms with E-state index in [4.69, 9.17) is 0 Å². The van der Waals surface area contributed by atoms with Crippen molar-refractivity contribution >= 4 is 16.9 Å². The molecule has 1 amide bonds. The van der Waals surface area contributed by atoms with Crippen molar-refractivity contribution in [2.45, 2.75) is 44.3 Å². The number of nitrogens with one attached hydrogen (secondary N) is 2. The van der Waals surface area contributed by atoms with Crippen molar-refractivity contribution in [1.29, 1.82) is 0 Å². The van der Waals surface area contributed by atoms with Gasteiger partial charge in [-0.1, -0.05) is 13.0 Å². The Morgan fingerprint density at radius 1 is 1.28 bits per heavy atom. The quantitative estimate of drug-likeness (QED) is 0.750. The van der Waals surface area contributed by atoms with Crippen molar-refractivity contribution in [3.8, 4) is 0 Å². The number of carbonyl (C=O) groups is 1. The molecule has 0 aliphatic carbocycles. The lowest BCUT2D eigenvalue weighted by Crippen LogP contribution is -2.57. The van der Waals surface area contributed by atoms with Crippen LogP contribution in [0, 0.1) is 11.8 Å². The highest BCUT2D eigenvalue weighted by Crippen LogP contribution is 2.39. The second kappa shape index (κ2) is 8.94. The smallest absolute Gasteiger partial charge is 0.345 e. The number of hydrogen-bond donors (Lipinski definition) is 2. The van der Waals surface area contributed by atoms with Crippen LogP contribution in [0.2, 0.25) is 0 Å². The molecule has 0 saturated carbocycles. The molecule has 4 rings (SSSR count). The van der Waals surface area contributed by atoms with Gasteiger partial charge in [-0.2, -0.15) is 13.2 Å². The van der Waals surface area contributed by atoms with Crippen molar-refractivity contribution in [3.05, 3.63) is 35.7 Å². The Kier molecular flexibility index (Phi) is 6.40. The van der Waals surface area contributed by atoms with Crippen molar-refractivity contribution in [2.24, 2.45) is 11.8 Å². The van der Waals surface area contributed by atoms with E-state index in [1.165, 1.54) is 18.5 Å². The summed E-state index contributed by atoms with van der Waals surface area (Å²) in [4.78, 5) is 23.7. The highest BCUT2D eigenvalue weighted by atomic mass is 19.4. The Bertz CT molecular complexity index is 982. The molecule has 174 valence electrons. The van der Waals surface area contributed by atoms with E-state index in [1.807, 2.05) is 0 Å². The lowest BCUT2D eigenvalue weighted by Gasteiger charge is -2.42. The number of carbonyl (C=O) groups excluding carboxylic acids is 1. The zero-order valence-electron chi connectivity index (χ0n) is 18.5. The van der Waals surface area contributed by atoms with Crippen molar-refractivity contribution in [1.82, 2.24) is 25.5 Å². The second-order valence-corrected chi connectivity index (χ2v) is 9.46. The van der Waals surface area contributed by atoms with Crippen molar-refractivity contribution < 1.29 is 18.0 Å². The molecule has 1 aromatic carbocycles. The minimum atomic E-state index is -4.53. The molecular formula is C23H30F3N5O. The minimum absolute atomic E-state index is 0.0712. The summed E-state index contributed by atoms with van der Waals surface area (Å²) in [6, 6.07) is 2.53. The van der Waals surface area contributed by atoms with Gasteiger partial charge in [-0.25, -0.2) is 0 Å². The maximum Gasteiger partial charge on any atom is 0.418 e. The number of aromatic nitrogens is 2. The number of rotatable bonds is 4. The van der Waals surface area contributed by atoms with Gasteiger partial charge in [0.15, 0.2) is 0 Å². The fourth-order valence-corrected chi connectivity index (χ4v) is 5.33. The first kappa shape index (κ1) is 22.9. The van der Waals surface area contributed by atoms with Crippen LogP contribution in [0.15, 0.2) is 24.5 Å². The Labute approximate surface area is 186 Å². The average molecular weight is 450 g/mol. The normalized spacial score (nSPS) is 27.4. The third kappa shape index (κ3) is 4.73. The number of halogens is 3. The summed E-state index contributed by atoms with van der Waals surface area (Å²) in [6.45, 7) is 5.21. The van der Waals surface area contributed by atoms with Crippen LogP contribution in [0.25, 0.3) is 11.0 Å². The van der Waals surface area contributed by atoms with Crippen molar-refractivity contribution in [3.63, 3.8) is 0 Å². The van der Waals surface area contributed by atoms with Gasteiger partial charge in [0, 0.05) is 37.5 Å². The highest BCUT2D eigenvalue weighted by Gasteiger charge is 2.42. The van der Waals surface area contributed by atoms with Crippen LogP contribution in [0.1, 0.15) is 43.7 Å². The molecule has 32 heavy (non-hydrogen) atoms. The van der Waals surface area contributed by atoms with E-state index in [0.717, 1.165) is 38.5 Å². The fourth-order valence-electron chi connectivity index (χ4n) is 5.33. The fraction of sp³-hybridized carbons (Fsp3) is 0.609. The predicted octanol–water partition coefficient (Wildman–Crippen LogP) is 3.32. The summed E-state index contributed by atoms with van der Waals surface area (Å²) in [7, 11) is 2.06. The summed E-state index contributed by atoms with van der Waals surface area (Å²) < 4.78 is 40.8. The lowest BCUT2D eigenvalue weighted by atomic mass is 9.77. The molecule has 2 fully saturated rings. The summed E-state index contributed by atoms with van der Waals surface area (Å²) in [5, 5.41) is 6.58. The first-order valence-corrected chi connectivity index (χ1v) is 11.2. The first-order valence-electron chi connectivity index (χ1n) is 11.2. The van der Waals surface area contributed by atoms with Gasteiger partial charge in [-0.15, -0.1) is 0 Å². The largest absolute Gasteiger partial charge is 0.418 e. The van der Waals surface area contributed by atoms with E-state index >= 15 is 0 Å². The molecule has 2 aliphatic rings. The van der Waals surface area contributed by atoms with Crippen LogP contribution < -0.4 is 10.6 Å². The minimum Gasteiger partial charge on any atom is -0.345 e. The van der Waals surface area contributed by atoms with Gasteiger partial charge in [-0.05, 0) is 57.3 Å². The summed E-state index contributed by atoms with van der Waals surface area (Å²) in [6.07, 6.45) is 1.24. The molecule has 0 spiro atoms. The standard InChI is InChI=1S/C23H30F3N5O/c1-15-11-22(14-27-12-15,30-19(32)10-16-4-3-9-31(2)13-16)17-5-6-18(23(24,25)26)21-20(17)28-7-8-29-21/h5-8,15-16,27H,3-4,9-14H2,1-2H3,(H,30,32)/t15-,16?,22-/m0/s1. The van der Waals surface area contributed by atoms with Crippen LogP contribution in [0.5, 0.6) is 0 Å².